The van der Waals surface area contributed by atoms with Crippen molar-refractivity contribution in [3.8, 4) is 16.9 Å². The van der Waals surface area contributed by atoms with E-state index >= 15 is 0 Å². The normalized spacial score (nSPS) is 17.6. The Bertz CT molecular complexity index is 3330. The van der Waals surface area contributed by atoms with Crippen LogP contribution in [0, 0.1) is 6.92 Å². The number of rotatable bonds is 14. The second-order valence-corrected chi connectivity index (χ2v) is 19.7. The van der Waals surface area contributed by atoms with Gasteiger partial charge in [0.1, 0.15) is 17.6 Å². The number of aryl methyl sites for hydroxylation is 1. The van der Waals surface area contributed by atoms with Crippen LogP contribution < -0.4 is 25.6 Å². The molecule has 0 aliphatic carbocycles. The van der Waals surface area contributed by atoms with E-state index in [0.29, 0.717) is 87.2 Å². The fraction of sp³-hybridized carbons (Fsp3) is 0.321. The maximum absolute atomic E-state index is 14.6. The van der Waals surface area contributed by atoms with Gasteiger partial charge < -0.3 is 20.1 Å². The first-order chi connectivity index (χ1) is 35.6. The fourth-order valence-corrected chi connectivity index (χ4v) is 11.0. The van der Waals surface area contributed by atoms with Crippen molar-refractivity contribution in [3.63, 3.8) is 0 Å². The van der Waals surface area contributed by atoms with Gasteiger partial charge in [-0.15, -0.1) is 0 Å². The van der Waals surface area contributed by atoms with Crippen molar-refractivity contribution in [2.75, 3.05) is 61.4 Å². The molecule has 1 unspecified atom stereocenters. The van der Waals surface area contributed by atoms with Gasteiger partial charge in [0, 0.05) is 74.9 Å². The quantitative estimate of drug-likeness (QED) is 0.0615. The zero-order valence-corrected chi connectivity index (χ0v) is 41.2. The molecule has 7 aromatic rings. The van der Waals surface area contributed by atoms with Gasteiger partial charge in [-0.3, -0.25) is 44.3 Å². The van der Waals surface area contributed by atoms with Crippen LogP contribution in [0.1, 0.15) is 68.4 Å². The summed E-state index contributed by atoms with van der Waals surface area (Å²) >= 11 is 1.39. The highest BCUT2D eigenvalue weighted by molar-refractivity contribution is 7.22. The van der Waals surface area contributed by atoms with E-state index in [9.17, 15) is 42.3 Å². The van der Waals surface area contributed by atoms with Crippen LogP contribution in [0.3, 0.4) is 0 Å². The monoisotopic (exact) mass is 1030 g/mol. The molecule has 3 aliphatic rings. The number of alkyl halides is 3. The molecule has 4 amide bonds. The Hall–Kier alpha value is -7.75. The number of carbonyl (C=O) groups is 5. The van der Waals surface area contributed by atoms with E-state index in [1.807, 2.05) is 41.3 Å². The van der Waals surface area contributed by atoms with Crippen LogP contribution in [0.5, 0.6) is 5.75 Å². The van der Waals surface area contributed by atoms with Crippen LogP contribution in [0.4, 0.5) is 29.8 Å². The third-order valence-corrected chi connectivity index (χ3v) is 14.9. The van der Waals surface area contributed by atoms with Gasteiger partial charge in [-0.25, -0.2) is 14.8 Å². The maximum atomic E-state index is 14.6. The number of amides is 4. The van der Waals surface area contributed by atoms with Crippen molar-refractivity contribution in [2.24, 2.45) is 7.05 Å². The summed E-state index contributed by atoms with van der Waals surface area (Å²) in [6.45, 7) is 2.48. The van der Waals surface area contributed by atoms with Gasteiger partial charge in [0.15, 0.2) is 10.8 Å². The SMILES string of the molecule is Cc1c(OCCCN2CCN(CC(=O)Nc3ccc4c(C5CCC(=O)NC5=O)nn(C)c4c3)C[C@H]2C(F)(F)F)cccc1-c1ccc(N2CCc3cccc(C(=O)Nc4nc5ccccc5s4)c3C2)nc1C(=O)O. The van der Waals surface area contributed by atoms with Gasteiger partial charge >= 0.3 is 12.1 Å². The molecule has 0 radical (unpaired) electrons. The van der Waals surface area contributed by atoms with E-state index in [0.717, 1.165) is 21.3 Å². The smallest absolute Gasteiger partial charge is 0.405 e. The predicted octanol–water partition coefficient (Wildman–Crippen LogP) is 7.54. The number of aromatic nitrogens is 4. The minimum Gasteiger partial charge on any atom is -0.493 e. The van der Waals surface area contributed by atoms with Crippen LogP contribution in [-0.4, -0.2) is 122 Å². The molecule has 4 aromatic carbocycles. The van der Waals surface area contributed by atoms with E-state index in [-0.39, 0.29) is 63.1 Å². The lowest BCUT2D eigenvalue weighted by molar-refractivity contribution is -0.197. The number of ether oxygens (including phenoxy) is 1. The van der Waals surface area contributed by atoms with Crippen LogP contribution >= 0.6 is 11.3 Å². The Labute approximate surface area is 426 Å². The number of piperazine rings is 1. The average molecular weight is 1030 g/mol. The lowest BCUT2D eigenvalue weighted by Gasteiger charge is -2.41. The number of anilines is 3. The van der Waals surface area contributed by atoms with Crippen LogP contribution in [0.2, 0.25) is 0 Å². The minimum absolute atomic E-state index is 0.0719. The number of benzene rings is 4. The molecule has 2 saturated heterocycles. The second-order valence-electron chi connectivity index (χ2n) is 18.7. The molecule has 2 fully saturated rings. The van der Waals surface area contributed by atoms with Crippen LogP contribution in [-0.2, 0) is 34.4 Å². The Morgan fingerprint density at radius 3 is 2.54 bits per heavy atom. The number of aromatic carboxylic acids is 1. The number of nitrogens with one attached hydrogen (secondary N) is 3. The Morgan fingerprint density at radius 1 is 0.919 bits per heavy atom. The van der Waals surface area contributed by atoms with Crippen molar-refractivity contribution in [1.82, 2.24) is 34.9 Å². The number of carbonyl (C=O) groups excluding carboxylic acids is 4. The average Bonchev–Trinajstić information content (AvgIpc) is 3.94. The highest BCUT2D eigenvalue weighted by Gasteiger charge is 2.46. The molecule has 0 spiro atoms. The molecule has 21 heteroatoms. The molecule has 17 nitrogen and oxygen atoms in total. The van der Waals surface area contributed by atoms with E-state index in [1.54, 1.807) is 73.3 Å². The van der Waals surface area contributed by atoms with Gasteiger partial charge in [-0.2, -0.15) is 18.3 Å². The van der Waals surface area contributed by atoms with Crippen molar-refractivity contribution in [3.05, 3.63) is 125 Å². The standard InChI is InChI=1S/C53H51F3N10O7S/c1-30-33(34-16-18-44(59-48(34)51(71)72)66-22-20-31-8-5-10-35(38(31)27-66)49(69)61-52-58-39-11-3-4-13-42(39)74-52)9-6-12-41(30)73-25-7-21-65-24-23-64(28-43(65)53(54,55)56)29-46(68)57-32-14-15-36-40(26-32)63(2)62-47(36)37-17-19-45(67)60-50(37)70/h3-6,8-16,18,26,37,43H,7,17,19-25,27-29H2,1-2H3,(H,57,68)(H,71,72)(H,58,61,69)(H,60,67,70)/t37?,43-/m0/s1. The van der Waals surface area contributed by atoms with E-state index < -0.39 is 42.5 Å². The number of imide groups is 1. The summed E-state index contributed by atoms with van der Waals surface area (Å²) in [5.74, 6) is -2.45. The molecule has 3 aromatic heterocycles. The first-order valence-electron chi connectivity index (χ1n) is 24.2. The number of pyridine rings is 1. The summed E-state index contributed by atoms with van der Waals surface area (Å²) in [4.78, 5) is 77.9. The molecular formula is C53H51F3N10O7S. The number of hydrogen-bond acceptors (Lipinski definition) is 13. The highest BCUT2D eigenvalue weighted by atomic mass is 32.1. The van der Waals surface area contributed by atoms with E-state index in [2.05, 4.69) is 31.0 Å². The summed E-state index contributed by atoms with van der Waals surface area (Å²) < 4.78 is 52.3. The number of hydrogen-bond donors (Lipinski definition) is 4. The van der Waals surface area contributed by atoms with Crippen molar-refractivity contribution >= 4 is 78.7 Å². The second kappa shape index (κ2) is 20.6. The number of halogens is 3. The zero-order chi connectivity index (χ0) is 51.8. The fourth-order valence-electron chi connectivity index (χ4n) is 10.2. The molecule has 6 heterocycles. The maximum Gasteiger partial charge on any atom is 0.405 e. The Balaban J connectivity index is 0.745. The summed E-state index contributed by atoms with van der Waals surface area (Å²) in [6, 6.07) is 25.2. The molecule has 4 N–H and O–H groups in total. The topological polar surface area (TPSA) is 204 Å². The number of carboxylic acids is 1. The Morgan fingerprint density at radius 2 is 1.74 bits per heavy atom. The lowest BCUT2D eigenvalue weighted by atomic mass is 9.93. The van der Waals surface area contributed by atoms with E-state index in [4.69, 9.17) is 4.74 Å². The van der Waals surface area contributed by atoms with Crippen molar-refractivity contribution in [1.29, 1.82) is 0 Å². The van der Waals surface area contributed by atoms with E-state index in [1.165, 1.54) is 21.1 Å². The van der Waals surface area contributed by atoms with Crippen LogP contribution in [0.25, 0.3) is 32.2 Å². The summed E-state index contributed by atoms with van der Waals surface area (Å²) in [5, 5.41) is 24.3. The molecule has 382 valence electrons. The number of carboxylic acid groups (broad SMARTS) is 1. The lowest BCUT2D eigenvalue weighted by Crippen LogP contribution is -2.60. The van der Waals surface area contributed by atoms with Gasteiger partial charge in [-0.05, 0) is 103 Å². The first kappa shape index (κ1) is 49.8. The Kier molecular flexibility index (Phi) is 13.9. The number of fused-ring (bicyclic) bond motifs is 3. The van der Waals surface area contributed by atoms with Crippen molar-refractivity contribution < 1.29 is 47.0 Å². The number of thiazole rings is 1. The molecule has 10 rings (SSSR count). The number of piperidine rings is 1. The molecular weight excluding hydrogens is 978 g/mol. The highest BCUT2D eigenvalue weighted by Crippen LogP contribution is 2.36. The molecule has 0 saturated carbocycles. The molecule has 74 heavy (non-hydrogen) atoms. The summed E-state index contributed by atoms with van der Waals surface area (Å²) in [5.41, 5.74) is 6.12. The van der Waals surface area contributed by atoms with Crippen LogP contribution in [0.15, 0.2) is 91.0 Å². The van der Waals surface area contributed by atoms with Gasteiger partial charge in [-0.1, -0.05) is 47.7 Å². The third kappa shape index (κ3) is 10.4. The number of nitrogens with zero attached hydrogens (tertiary/aromatic N) is 7. The molecule has 0 bridgehead atoms. The minimum atomic E-state index is -4.56. The molecule has 3 aliphatic heterocycles. The summed E-state index contributed by atoms with van der Waals surface area (Å²) in [6.07, 6.45) is -3.16. The largest absolute Gasteiger partial charge is 0.493 e. The molecule has 2 atom stereocenters. The predicted molar refractivity (Wildman–Crippen MR) is 273 cm³/mol. The zero-order valence-electron chi connectivity index (χ0n) is 40.4. The number of para-hydroxylation sites is 1. The first-order valence-corrected chi connectivity index (χ1v) is 25.0. The van der Waals surface area contributed by atoms with Gasteiger partial charge in [0.25, 0.3) is 5.91 Å². The van der Waals surface area contributed by atoms with Crippen molar-refractivity contribution in [2.45, 2.75) is 57.3 Å². The third-order valence-electron chi connectivity index (χ3n) is 13.9. The van der Waals surface area contributed by atoms with Gasteiger partial charge in [0.05, 0.1) is 40.5 Å². The summed E-state index contributed by atoms with van der Waals surface area (Å²) in [7, 11) is 1.70. The van der Waals surface area contributed by atoms with Gasteiger partial charge in [0.2, 0.25) is 17.7 Å².